The van der Waals surface area contributed by atoms with Gasteiger partial charge in [0.05, 0.1) is 35.5 Å². The fraction of sp³-hybridized carbons (Fsp3) is 0.351. The first-order valence-electron chi connectivity index (χ1n) is 16.6. The van der Waals surface area contributed by atoms with Crippen LogP contribution in [0.15, 0.2) is 79.0 Å². The van der Waals surface area contributed by atoms with E-state index in [1.54, 1.807) is 19.3 Å². The van der Waals surface area contributed by atoms with Gasteiger partial charge in [0.15, 0.2) is 0 Å². The number of hydrogen-bond acceptors (Lipinski definition) is 8. The van der Waals surface area contributed by atoms with Gasteiger partial charge in [0, 0.05) is 43.9 Å². The molecule has 0 bridgehead atoms. The van der Waals surface area contributed by atoms with Gasteiger partial charge in [0.25, 0.3) is 5.91 Å². The zero-order valence-corrected chi connectivity index (χ0v) is 29.3. The summed E-state index contributed by atoms with van der Waals surface area (Å²) in [6.45, 7) is 5.24. The predicted octanol–water partition coefficient (Wildman–Crippen LogP) is 7.60. The third-order valence-corrected chi connectivity index (χ3v) is 8.65. The Morgan fingerprint density at radius 2 is 1.76 bits per heavy atom. The van der Waals surface area contributed by atoms with Crippen LogP contribution in [0, 0.1) is 0 Å². The highest BCUT2D eigenvalue weighted by Crippen LogP contribution is 2.37. The summed E-state index contributed by atoms with van der Waals surface area (Å²) in [5, 5.41) is -0.103. The van der Waals surface area contributed by atoms with Crippen LogP contribution in [-0.2, 0) is 17.5 Å². The number of hydrogen-bond donors (Lipinski definition) is 0. The number of carbonyl (C=O) groups is 2. The summed E-state index contributed by atoms with van der Waals surface area (Å²) < 4.78 is 59.0. The standard InChI is InChI=1S/C37H39ClF3N5O5/c1-4-27-23-45(35(47)28-14-13-26(38)22-30(28)37(39,40)41)18-19-46(27)32-16-15-31(29-12-9-17-42-33(29)49-5-2)43-34(32)50-21-20-44(3)36(48)51-24-25-10-7-6-8-11-25/h6-17,22,27H,4-5,18-21,23-24H2,1-3H3/t27-/m1/s1. The molecule has 1 aliphatic heterocycles. The van der Waals surface area contributed by atoms with Crippen molar-refractivity contribution in [3.63, 3.8) is 0 Å². The van der Waals surface area contributed by atoms with Gasteiger partial charge >= 0.3 is 12.3 Å². The molecule has 3 heterocycles. The number of carbonyl (C=O) groups excluding carboxylic acids is 2. The maximum atomic E-state index is 13.9. The second-order valence-electron chi connectivity index (χ2n) is 11.8. The van der Waals surface area contributed by atoms with E-state index in [2.05, 4.69) is 4.98 Å². The molecule has 1 atom stereocenters. The van der Waals surface area contributed by atoms with Gasteiger partial charge in [-0.3, -0.25) is 4.79 Å². The zero-order chi connectivity index (χ0) is 36.5. The smallest absolute Gasteiger partial charge is 0.417 e. The van der Waals surface area contributed by atoms with Crippen molar-refractivity contribution in [2.75, 3.05) is 51.3 Å². The molecule has 270 valence electrons. The average Bonchev–Trinajstić information content (AvgIpc) is 3.13. The summed E-state index contributed by atoms with van der Waals surface area (Å²) in [4.78, 5) is 40.3. The van der Waals surface area contributed by atoms with Gasteiger partial charge in [-0.1, -0.05) is 48.9 Å². The fourth-order valence-electron chi connectivity index (χ4n) is 5.76. The van der Waals surface area contributed by atoms with Gasteiger partial charge in [0.1, 0.15) is 18.9 Å². The third kappa shape index (κ3) is 9.20. The van der Waals surface area contributed by atoms with Gasteiger partial charge in [-0.15, -0.1) is 0 Å². The molecule has 1 fully saturated rings. The molecule has 0 N–H and O–H groups in total. The highest BCUT2D eigenvalue weighted by molar-refractivity contribution is 6.30. The molecule has 2 aromatic heterocycles. The predicted molar refractivity (Wildman–Crippen MR) is 187 cm³/mol. The summed E-state index contributed by atoms with van der Waals surface area (Å²) in [6.07, 6.45) is -3.06. The van der Waals surface area contributed by atoms with Crippen molar-refractivity contribution in [2.24, 2.45) is 0 Å². The van der Waals surface area contributed by atoms with Crippen molar-refractivity contribution in [2.45, 2.75) is 39.1 Å². The first kappa shape index (κ1) is 37.2. The van der Waals surface area contributed by atoms with Gasteiger partial charge in [-0.25, -0.2) is 14.8 Å². The molecule has 1 aliphatic rings. The molecule has 0 radical (unpaired) electrons. The Bertz CT molecular complexity index is 1810. The second kappa shape index (κ2) is 16.8. The van der Waals surface area contributed by atoms with Crippen molar-refractivity contribution in [1.82, 2.24) is 19.8 Å². The van der Waals surface area contributed by atoms with Crippen LogP contribution in [0.2, 0.25) is 5.02 Å². The quantitative estimate of drug-likeness (QED) is 0.147. The van der Waals surface area contributed by atoms with E-state index in [0.717, 1.165) is 17.7 Å². The number of alkyl halides is 3. The SMILES string of the molecule is CCOc1ncccc1-c1ccc(N2CCN(C(=O)c3ccc(Cl)cc3C(F)(F)F)C[C@H]2CC)c(OCCN(C)C(=O)OCc2ccccc2)n1. The maximum absolute atomic E-state index is 13.9. The monoisotopic (exact) mass is 725 g/mol. The molecule has 14 heteroatoms. The second-order valence-corrected chi connectivity index (χ2v) is 12.3. The minimum Gasteiger partial charge on any atom is -0.477 e. The Morgan fingerprint density at radius 1 is 0.980 bits per heavy atom. The van der Waals surface area contributed by atoms with E-state index < -0.39 is 29.3 Å². The van der Waals surface area contributed by atoms with Crippen LogP contribution in [0.25, 0.3) is 11.3 Å². The molecular weight excluding hydrogens is 687 g/mol. The number of piperazine rings is 1. The molecule has 0 unspecified atom stereocenters. The first-order valence-corrected chi connectivity index (χ1v) is 16.9. The fourth-order valence-corrected chi connectivity index (χ4v) is 5.93. The number of nitrogens with zero attached hydrogens (tertiary/aromatic N) is 5. The number of ether oxygens (including phenoxy) is 3. The molecule has 0 saturated carbocycles. The van der Waals surface area contributed by atoms with E-state index in [0.29, 0.717) is 42.4 Å². The van der Waals surface area contributed by atoms with E-state index >= 15 is 0 Å². The number of halogens is 4. The minimum absolute atomic E-state index is 0.0811. The first-order chi connectivity index (χ1) is 24.5. The van der Waals surface area contributed by atoms with E-state index in [4.69, 9.17) is 30.8 Å². The lowest BCUT2D eigenvalue weighted by atomic mass is 10.0. The Morgan fingerprint density at radius 3 is 2.49 bits per heavy atom. The Kier molecular flexibility index (Phi) is 12.2. The molecule has 10 nitrogen and oxygen atoms in total. The molecular formula is C37H39ClF3N5O5. The molecule has 0 aliphatic carbocycles. The number of anilines is 1. The summed E-state index contributed by atoms with van der Waals surface area (Å²) in [5.41, 5.74) is 1.19. The molecule has 4 aromatic rings. The van der Waals surface area contributed by atoms with Crippen molar-refractivity contribution in [3.8, 4) is 23.0 Å². The Balaban J connectivity index is 1.36. The maximum Gasteiger partial charge on any atom is 0.417 e. The van der Waals surface area contributed by atoms with Crippen molar-refractivity contribution >= 4 is 29.3 Å². The average molecular weight is 726 g/mol. The number of aromatic nitrogens is 2. The van der Waals surface area contributed by atoms with Crippen LogP contribution in [0.1, 0.15) is 41.8 Å². The lowest BCUT2D eigenvalue weighted by molar-refractivity contribution is -0.138. The molecule has 51 heavy (non-hydrogen) atoms. The van der Waals surface area contributed by atoms with Gasteiger partial charge in [-0.05, 0) is 61.4 Å². The summed E-state index contributed by atoms with van der Waals surface area (Å²) in [5.74, 6) is -0.0320. The topological polar surface area (TPSA) is 97.3 Å². The van der Waals surface area contributed by atoms with Gasteiger partial charge in [0.2, 0.25) is 11.8 Å². The lowest BCUT2D eigenvalue weighted by Gasteiger charge is -2.43. The Hall–Kier alpha value is -5.04. The summed E-state index contributed by atoms with van der Waals surface area (Å²) in [7, 11) is 1.61. The minimum atomic E-state index is -4.75. The van der Waals surface area contributed by atoms with Crippen molar-refractivity contribution in [3.05, 3.63) is 101 Å². The largest absolute Gasteiger partial charge is 0.477 e. The highest BCUT2D eigenvalue weighted by Gasteiger charge is 2.38. The molecule has 1 saturated heterocycles. The van der Waals surface area contributed by atoms with Crippen LogP contribution in [0.5, 0.6) is 11.8 Å². The molecule has 2 aromatic carbocycles. The van der Waals surface area contributed by atoms with Crippen molar-refractivity contribution < 1.29 is 37.0 Å². The normalized spacial score (nSPS) is 14.6. The lowest BCUT2D eigenvalue weighted by Crippen LogP contribution is -2.55. The highest BCUT2D eigenvalue weighted by atomic mass is 35.5. The van der Waals surface area contributed by atoms with Crippen LogP contribution in [0.3, 0.4) is 0 Å². The number of benzene rings is 2. The van der Waals surface area contributed by atoms with Crippen LogP contribution >= 0.6 is 11.6 Å². The van der Waals surface area contributed by atoms with Crippen LogP contribution in [-0.4, -0.2) is 84.3 Å². The molecule has 2 amide bonds. The Labute approximate surface area is 299 Å². The third-order valence-electron chi connectivity index (χ3n) is 8.42. The van der Waals surface area contributed by atoms with Gasteiger partial charge < -0.3 is 28.9 Å². The van der Waals surface area contributed by atoms with E-state index in [-0.39, 0.29) is 49.8 Å². The van der Waals surface area contributed by atoms with Crippen LogP contribution < -0.4 is 14.4 Å². The summed E-state index contributed by atoms with van der Waals surface area (Å²) >= 11 is 5.86. The summed E-state index contributed by atoms with van der Waals surface area (Å²) in [6, 6.07) is 19.6. The van der Waals surface area contributed by atoms with E-state index in [1.807, 2.05) is 67.3 Å². The van der Waals surface area contributed by atoms with Crippen molar-refractivity contribution in [1.29, 1.82) is 0 Å². The number of pyridine rings is 2. The molecule has 5 rings (SSSR count). The number of amides is 2. The van der Waals surface area contributed by atoms with E-state index in [1.165, 1.54) is 15.9 Å². The van der Waals surface area contributed by atoms with E-state index in [9.17, 15) is 22.8 Å². The van der Waals surface area contributed by atoms with Gasteiger partial charge in [-0.2, -0.15) is 13.2 Å². The number of rotatable bonds is 12. The number of likely N-dealkylation sites (N-methyl/N-ethyl adjacent to an activating group) is 1. The van der Waals surface area contributed by atoms with Crippen LogP contribution in [0.4, 0.5) is 23.7 Å². The molecule has 0 spiro atoms. The zero-order valence-electron chi connectivity index (χ0n) is 28.5.